The van der Waals surface area contributed by atoms with Gasteiger partial charge >= 0.3 is 0 Å². The number of nitrogens with zero attached hydrogens (tertiary/aromatic N) is 2. The van der Waals surface area contributed by atoms with E-state index >= 15 is 0 Å². The fraction of sp³-hybridized carbons (Fsp3) is 0.176. The van der Waals surface area contributed by atoms with E-state index in [-0.39, 0.29) is 0 Å². The highest BCUT2D eigenvalue weighted by atomic mass is 32.1. The lowest BCUT2D eigenvalue weighted by atomic mass is 10.1. The maximum Gasteiger partial charge on any atom is 0.200 e. The van der Waals surface area contributed by atoms with Gasteiger partial charge in [0.25, 0.3) is 0 Å². The van der Waals surface area contributed by atoms with Crippen molar-refractivity contribution in [3.8, 4) is 17.1 Å². The molecular formula is C17H15N3S. The van der Waals surface area contributed by atoms with E-state index in [1.165, 1.54) is 30.4 Å². The average molecular weight is 293 g/mol. The zero-order valence-electron chi connectivity index (χ0n) is 11.5. The summed E-state index contributed by atoms with van der Waals surface area (Å²) in [7, 11) is 0. The van der Waals surface area contributed by atoms with E-state index in [9.17, 15) is 0 Å². The standard InChI is InChI=1S/C17H15N3S/c21-17-19-18-16(20(17)15-7-2-1-3-8-15)14-10-9-12-5-4-6-13(12)11-14/h1-3,7-11H,4-6H2,(H,19,21). The second kappa shape index (κ2) is 4.97. The normalized spacial score (nSPS) is 13.3. The maximum atomic E-state index is 5.40. The largest absolute Gasteiger partial charge is 0.268 e. The van der Waals surface area contributed by atoms with E-state index in [2.05, 4.69) is 28.4 Å². The molecule has 2 aromatic carbocycles. The molecule has 0 aliphatic heterocycles. The van der Waals surface area contributed by atoms with E-state index < -0.39 is 0 Å². The van der Waals surface area contributed by atoms with Gasteiger partial charge in [0.05, 0.1) is 0 Å². The van der Waals surface area contributed by atoms with Crippen molar-refractivity contribution in [3.05, 3.63) is 64.4 Å². The van der Waals surface area contributed by atoms with Crippen molar-refractivity contribution >= 4 is 12.2 Å². The molecular weight excluding hydrogens is 278 g/mol. The van der Waals surface area contributed by atoms with Gasteiger partial charge in [-0.2, -0.15) is 5.10 Å². The average Bonchev–Trinajstić information content (AvgIpc) is 3.13. The van der Waals surface area contributed by atoms with Gasteiger partial charge in [-0.1, -0.05) is 30.3 Å². The quantitative estimate of drug-likeness (QED) is 0.722. The molecule has 0 radical (unpaired) electrons. The molecule has 0 saturated carbocycles. The molecule has 0 fully saturated rings. The molecule has 1 aromatic heterocycles. The molecule has 21 heavy (non-hydrogen) atoms. The zero-order valence-corrected chi connectivity index (χ0v) is 12.4. The van der Waals surface area contributed by atoms with Gasteiger partial charge in [0.2, 0.25) is 0 Å². The molecule has 1 N–H and O–H groups in total. The van der Waals surface area contributed by atoms with Gasteiger partial charge in [-0.05, 0) is 60.8 Å². The van der Waals surface area contributed by atoms with Crippen LogP contribution in [0.2, 0.25) is 0 Å². The minimum atomic E-state index is 0.622. The van der Waals surface area contributed by atoms with Crippen molar-refractivity contribution in [2.45, 2.75) is 19.3 Å². The molecule has 0 amide bonds. The first-order chi connectivity index (χ1) is 10.3. The van der Waals surface area contributed by atoms with Crippen molar-refractivity contribution in [1.82, 2.24) is 14.8 Å². The molecule has 0 spiro atoms. The molecule has 1 heterocycles. The van der Waals surface area contributed by atoms with Gasteiger partial charge in [-0.15, -0.1) is 0 Å². The summed E-state index contributed by atoms with van der Waals surface area (Å²) in [6, 6.07) is 16.7. The van der Waals surface area contributed by atoms with Crippen LogP contribution in [0.15, 0.2) is 48.5 Å². The van der Waals surface area contributed by atoms with Crippen LogP contribution in [0.1, 0.15) is 17.5 Å². The number of nitrogens with one attached hydrogen (secondary N) is 1. The molecule has 1 aliphatic carbocycles. The SMILES string of the molecule is S=c1[nH]nc(-c2ccc3c(c2)CCC3)n1-c1ccccc1. The molecule has 104 valence electrons. The van der Waals surface area contributed by atoms with Gasteiger partial charge in [-0.3, -0.25) is 9.67 Å². The summed E-state index contributed by atoms with van der Waals surface area (Å²) in [6.07, 6.45) is 3.62. The van der Waals surface area contributed by atoms with Gasteiger partial charge in [-0.25, -0.2) is 0 Å². The predicted molar refractivity (Wildman–Crippen MR) is 86.2 cm³/mol. The van der Waals surface area contributed by atoms with E-state index in [0.29, 0.717) is 4.77 Å². The summed E-state index contributed by atoms with van der Waals surface area (Å²) in [5, 5.41) is 7.35. The Hall–Kier alpha value is -2.20. The van der Waals surface area contributed by atoms with Gasteiger partial charge < -0.3 is 0 Å². The number of aryl methyl sites for hydroxylation is 2. The molecule has 3 nitrogen and oxygen atoms in total. The lowest BCUT2D eigenvalue weighted by Gasteiger charge is -2.08. The Labute approximate surface area is 128 Å². The number of H-pyrrole nitrogens is 1. The fourth-order valence-corrected chi connectivity index (χ4v) is 3.26. The van der Waals surface area contributed by atoms with Crippen LogP contribution in [0.5, 0.6) is 0 Å². The second-order valence-corrected chi connectivity index (χ2v) is 5.75. The Balaban J connectivity index is 1.89. The fourth-order valence-electron chi connectivity index (χ4n) is 3.02. The summed E-state index contributed by atoms with van der Waals surface area (Å²) in [5.41, 5.74) is 5.07. The number of rotatable bonds is 2. The van der Waals surface area contributed by atoms with Crippen molar-refractivity contribution in [2.75, 3.05) is 0 Å². The van der Waals surface area contributed by atoms with E-state index in [1.807, 2.05) is 34.9 Å². The maximum absolute atomic E-state index is 5.40. The topological polar surface area (TPSA) is 33.6 Å². The Morgan fingerprint density at radius 1 is 1.00 bits per heavy atom. The summed E-state index contributed by atoms with van der Waals surface area (Å²) in [5.74, 6) is 0.876. The highest BCUT2D eigenvalue weighted by molar-refractivity contribution is 7.71. The number of para-hydroxylation sites is 1. The Kier molecular flexibility index (Phi) is 2.97. The van der Waals surface area contributed by atoms with Crippen molar-refractivity contribution in [2.24, 2.45) is 0 Å². The number of aromatic nitrogens is 3. The highest BCUT2D eigenvalue weighted by Gasteiger charge is 2.15. The lowest BCUT2D eigenvalue weighted by Crippen LogP contribution is -1.98. The van der Waals surface area contributed by atoms with Crippen LogP contribution >= 0.6 is 12.2 Å². The monoisotopic (exact) mass is 293 g/mol. The number of fused-ring (bicyclic) bond motifs is 1. The third-order valence-corrected chi connectivity index (χ3v) is 4.32. The summed E-state index contributed by atoms with van der Waals surface area (Å²) < 4.78 is 2.61. The Morgan fingerprint density at radius 2 is 1.81 bits per heavy atom. The number of aromatic amines is 1. The summed E-state index contributed by atoms with van der Waals surface area (Å²) >= 11 is 5.40. The highest BCUT2D eigenvalue weighted by Crippen LogP contribution is 2.28. The minimum absolute atomic E-state index is 0.622. The lowest BCUT2D eigenvalue weighted by molar-refractivity contribution is 0.912. The molecule has 1 aliphatic rings. The smallest absolute Gasteiger partial charge is 0.200 e. The molecule has 0 unspecified atom stereocenters. The van der Waals surface area contributed by atoms with Crippen molar-refractivity contribution < 1.29 is 0 Å². The van der Waals surface area contributed by atoms with Gasteiger partial charge in [0.15, 0.2) is 10.6 Å². The van der Waals surface area contributed by atoms with Gasteiger partial charge in [0.1, 0.15) is 0 Å². The Bertz CT molecular complexity index is 846. The third kappa shape index (κ3) is 2.12. The molecule has 0 saturated heterocycles. The molecule has 0 bridgehead atoms. The van der Waals surface area contributed by atoms with Crippen LogP contribution < -0.4 is 0 Å². The van der Waals surface area contributed by atoms with E-state index in [0.717, 1.165) is 17.1 Å². The van der Waals surface area contributed by atoms with Crippen LogP contribution in [0.25, 0.3) is 17.1 Å². The first-order valence-corrected chi connectivity index (χ1v) is 7.59. The first-order valence-electron chi connectivity index (χ1n) is 7.18. The number of benzene rings is 2. The predicted octanol–water partition coefficient (Wildman–Crippen LogP) is 4.09. The summed E-state index contributed by atoms with van der Waals surface area (Å²) in [6.45, 7) is 0. The Morgan fingerprint density at radius 3 is 2.67 bits per heavy atom. The second-order valence-electron chi connectivity index (χ2n) is 5.36. The van der Waals surface area contributed by atoms with Crippen LogP contribution in [0.4, 0.5) is 0 Å². The zero-order chi connectivity index (χ0) is 14.2. The van der Waals surface area contributed by atoms with Crippen LogP contribution in [0.3, 0.4) is 0 Å². The van der Waals surface area contributed by atoms with E-state index in [1.54, 1.807) is 0 Å². The summed E-state index contributed by atoms with van der Waals surface area (Å²) in [4.78, 5) is 0. The molecule has 0 atom stereocenters. The van der Waals surface area contributed by atoms with Crippen LogP contribution in [0, 0.1) is 4.77 Å². The first kappa shape index (κ1) is 12.5. The molecule has 4 rings (SSSR count). The molecule has 3 aromatic rings. The van der Waals surface area contributed by atoms with E-state index in [4.69, 9.17) is 12.2 Å². The minimum Gasteiger partial charge on any atom is -0.268 e. The van der Waals surface area contributed by atoms with Crippen LogP contribution in [-0.2, 0) is 12.8 Å². The number of hydrogen-bond donors (Lipinski definition) is 1. The van der Waals surface area contributed by atoms with Crippen molar-refractivity contribution in [1.29, 1.82) is 0 Å². The molecule has 4 heteroatoms. The van der Waals surface area contributed by atoms with Crippen molar-refractivity contribution in [3.63, 3.8) is 0 Å². The van der Waals surface area contributed by atoms with Crippen LogP contribution in [-0.4, -0.2) is 14.8 Å². The number of hydrogen-bond acceptors (Lipinski definition) is 2. The van der Waals surface area contributed by atoms with Gasteiger partial charge in [0, 0.05) is 11.3 Å². The third-order valence-electron chi connectivity index (χ3n) is 4.04.